The molecular formula is C7H7NO2. The molecule has 0 radical (unpaired) electrons. The van der Waals surface area contributed by atoms with Crippen molar-refractivity contribution in [3.8, 4) is 0 Å². The van der Waals surface area contributed by atoms with Crippen LogP contribution in [0.3, 0.4) is 0 Å². The van der Waals surface area contributed by atoms with Gasteiger partial charge in [-0.1, -0.05) is 0 Å². The minimum atomic E-state index is -0.336. The van der Waals surface area contributed by atoms with Crippen LogP contribution in [0, 0.1) is 5.41 Å². The van der Waals surface area contributed by atoms with Crippen molar-refractivity contribution in [3.63, 3.8) is 0 Å². The molecule has 10 heavy (non-hydrogen) atoms. The zero-order valence-corrected chi connectivity index (χ0v) is 5.60. The van der Waals surface area contributed by atoms with Gasteiger partial charge < -0.3 is 5.41 Å². The predicted molar refractivity (Wildman–Crippen MR) is 36.1 cm³/mol. The first-order chi connectivity index (χ1) is 4.61. The molecule has 0 bridgehead atoms. The van der Waals surface area contributed by atoms with Gasteiger partial charge in [-0.2, -0.15) is 0 Å². The van der Waals surface area contributed by atoms with Crippen molar-refractivity contribution in [2.45, 2.75) is 13.3 Å². The van der Waals surface area contributed by atoms with E-state index in [4.69, 9.17) is 5.41 Å². The van der Waals surface area contributed by atoms with Crippen molar-refractivity contribution in [2.75, 3.05) is 0 Å². The first-order valence-electron chi connectivity index (χ1n) is 2.94. The normalized spacial score (nSPS) is 19.3. The smallest absolute Gasteiger partial charge is 0.200 e. The van der Waals surface area contributed by atoms with E-state index < -0.39 is 0 Å². The monoisotopic (exact) mass is 137 g/mol. The Morgan fingerprint density at radius 2 is 2.10 bits per heavy atom. The molecule has 1 N–H and O–H groups in total. The Morgan fingerprint density at radius 3 is 2.60 bits per heavy atom. The number of rotatable bonds is 0. The average Bonchev–Trinajstić information content (AvgIpc) is 1.84. The van der Waals surface area contributed by atoms with E-state index in [1.165, 1.54) is 6.08 Å². The van der Waals surface area contributed by atoms with Gasteiger partial charge in [-0.05, 0) is 18.6 Å². The van der Waals surface area contributed by atoms with E-state index in [9.17, 15) is 9.59 Å². The molecular weight excluding hydrogens is 130 g/mol. The van der Waals surface area contributed by atoms with Gasteiger partial charge in [0.25, 0.3) is 0 Å². The zero-order valence-electron chi connectivity index (χ0n) is 5.60. The van der Waals surface area contributed by atoms with Crippen LogP contribution < -0.4 is 0 Å². The van der Waals surface area contributed by atoms with E-state index in [0.29, 0.717) is 5.57 Å². The highest BCUT2D eigenvalue weighted by molar-refractivity contribution is 6.49. The quantitative estimate of drug-likeness (QED) is 0.528. The van der Waals surface area contributed by atoms with Crippen molar-refractivity contribution in [1.29, 1.82) is 5.41 Å². The van der Waals surface area contributed by atoms with Gasteiger partial charge in [-0.25, -0.2) is 0 Å². The highest BCUT2D eigenvalue weighted by Gasteiger charge is 2.19. The number of Topliss-reactive ketones (excluding diaryl/α,β-unsaturated/α-hetero) is 1. The largest absolute Gasteiger partial charge is 0.301 e. The van der Waals surface area contributed by atoms with E-state index in [0.717, 1.165) is 0 Å². The molecule has 0 fully saturated rings. The Balaban J connectivity index is 3.01. The molecule has 0 amide bonds. The van der Waals surface area contributed by atoms with Gasteiger partial charge in [0.05, 0.1) is 12.1 Å². The van der Waals surface area contributed by atoms with Gasteiger partial charge in [0.1, 0.15) is 0 Å². The zero-order chi connectivity index (χ0) is 7.72. The van der Waals surface area contributed by atoms with Crippen molar-refractivity contribution in [1.82, 2.24) is 0 Å². The average molecular weight is 137 g/mol. The first kappa shape index (κ1) is 6.86. The molecule has 0 atom stereocenters. The minimum absolute atomic E-state index is 0.0266. The summed E-state index contributed by atoms with van der Waals surface area (Å²) in [6.45, 7) is 1.59. The number of nitrogens with one attached hydrogen (secondary N) is 1. The van der Waals surface area contributed by atoms with Crippen LogP contribution in [-0.2, 0) is 9.59 Å². The van der Waals surface area contributed by atoms with Gasteiger partial charge >= 0.3 is 0 Å². The van der Waals surface area contributed by atoms with Crippen LogP contribution in [0.5, 0.6) is 0 Å². The molecule has 0 spiro atoms. The van der Waals surface area contributed by atoms with Gasteiger partial charge in [0, 0.05) is 0 Å². The van der Waals surface area contributed by atoms with Crippen LogP contribution in [-0.4, -0.2) is 17.3 Å². The number of carbonyl (C=O) groups excluding carboxylic acids is 2. The second-order valence-electron chi connectivity index (χ2n) is 2.27. The van der Waals surface area contributed by atoms with Gasteiger partial charge in [0.2, 0.25) is 0 Å². The molecule has 0 saturated carbocycles. The third-order valence-corrected chi connectivity index (χ3v) is 1.42. The van der Waals surface area contributed by atoms with E-state index in [-0.39, 0.29) is 23.7 Å². The topological polar surface area (TPSA) is 58.0 Å². The lowest BCUT2D eigenvalue weighted by atomic mass is 9.97. The first-order valence-corrected chi connectivity index (χ1v) is 2.94. The molecule has 0 aliphatic heterocycles. The lowest BCUT2D eigenvalue weighted by Gasteiger charge is -2.06. The van der Waals surface area contributed by atoms with Crippen LogP contribution in [0.25, 0.3) is 0 Å². The third-order valence-electron chi connectivity index (χ3n) is 1.42. The molecule has 3 nitrogen and oxygen atoms in total. The van der Waals surface area contributed by atoms with Gasteiger partial charge in [-0.3, -0.25) is 9.59 Å². The summed E-state index contributed by atoms with van der Waals surface area (Å²) < 4.78 is 0. The fourth-order valence-corrected chi connectivity index (χ4v) is 0.751. The summed E-state index contributed by atoms with van der Waals surface area (Å²) in [6.07, 6.45) is 1.19. The summed E-state index contributed by atoms with van der Waals surface area (Å²) in [6, 6.07) is 0. The highest BCUT2D eigenvalue weighted by atomic mass is 16.1. The lowest BCUT2D eigenvalue weighted by Crippen LogP contribution is -2.21. The second kappa shape index (κ2) is 2.17. The van der Waals surface area contributed by atoms with Crippen LogP contribution in [0.4, 0.5) is 0 Å². The third kappa shape index (κ3) is 1.03. The molecule has 3 heteroatoms. The molecule has 0 aromatic carbocycles. The number of hydrogen-bond donors (Lipinski definition) is 1. The Hall–Kier alpha value is -1.25. The maximum absolute atomic E-state index is 10.8. The highest BCUT2D eigenvalue weighted by Crippen LogP contribution is 2.07. The molecule has 1 aliphatic carbocycles. The number of ketones is 2. The molecule has 0 unspecified atom stereocenters. The SMILES string of the molecule is CC1=CC(=O)C(=N)CC1=O. The van der Waals surface area contributed by atoms with E-state index in [1.54, 1.807) is 6.92 Å². The van der Waals surface area contributed by atoms with Crippen LogP contribution in [0.1, 0.15) is 13.3 Å². The summed E-state index contributed by atoms with van der Waals surface area (Å²) in [5.41, 5.74) is 0.358. The van der Waals surface area contributed by atoms with Crippen molar-refractivity contribution < 1.29 is 9.59 Å². The molecule has 0 aromatic heterocycles. The molecule has 0 heterocycles. The lowest BCUT2D eigenvalue weighted by molar-refractivity contribution is -0.116. The number of hydrogen-bond acceptors (Lipinski definition) is 3. The maximum atomic E-state index is 10.8. The fourth-order valence-electron chi connectivity index (χ4n) is 0.751. The van der Waals surface area contributed by atoms with E-state index in [1.807, 2.05) is 0 Å². The van der Waals surface area contributed by atoms with Gasteiger partial charge in [-0.15, -0.1) is 0 Å². The Morgan fingerprint density at radius 1 is 1.50 bits per heavy atom. The second-order valence-corrected chi connectivity index (χ2v) is 2.27. The van der Waals surface area contributed by atoms with E-state index >= 15 is 0 Å². The van der Waals surface area contributed by atoms with Crippen LogP contribution >= 0.6 is 0 Å². The Kier molecular flexibility index (Phi) is 1.49. The number of allylic oxidation sites excluding steroid dienone is 2. The molecule has 1 rings (SSSR count). The van der Waals surface area contributed by atoms with Crippen molar-refractivity contribution in [2.24, 2.45) is 0 Å². The summed E-state index contributed by atoms with van der Waals surface area (Å²) in [5, 5.41) is 7.00. The Labute approximate surface area is 58.2 Å². The van der Waals surface area contributed by atoms with Crippen LogP contribution in [0.2, 0.25) is 0 Å². The summed E-state index contributed by atoms with van der Waals surface area (Å²) in [5.74, 6) is -0.457. The summed E-state index contributed by atoms with van der Waals surface area (Å²) >= 11 is 0. The summed E-state index contributed by atoms with van der Waals surface area (Å²) in [4.78, 5) is 21.5. The molecule has 0 saturated heterocycles. The molecule has 1 aliphatic rings. The maximum Gasteiger partial charge on any atom is 0.200 e. The standard InChI is InChI=1S/C7H7NO2/c1-4-2-7(10)5(8)3-6(4)9/h2,8H,3H2,1H3. The van der Waals surface area contributed by atoms with Crippen LogP contribution in [0.15, 0.2) is 11.6 Å². The van der Waals surface area contributed by atoms with Crippen molar-refractivity contribution >= 4 is 17.3 Å². The minimum Gasteiger partial charge on any atom is -0.301 e. The summed E-state index contributed by atoms with van der Waals surface area (Å²) in [7, 11) is 0. The Bertz CT molecular complexity index is 250. The van der Waals surface area contributed by atoms with E-state index in [2.05, 4.69) is 0 Å². The fraction of sp³-hybridized carbons (Fsp3) is 0.286. The van der Waals surface area contributed by atoms with Crippen molar-refractivity contribution in [3.05, 3.63) is 11.6 Å². The number of carbonyl (C=O) groups is 2. The molecule has 0 aromatic rings. The molecule has 52 valence electrons. The van der Waals surface area contributed by atoms with Gasteiger partial charge in [0.15, 0.2) is 11.6 Å². The predicted octanol–water partition coefficient (Wildman–Crippen LogP) is 0.494.